The number of sulfone groups is 1. The minimum atomic E-state index is -4.18. The van der Waals surface area contributed by atoms with E-state index in [2.05, 4.69) is 4.72 Å². The summed E-state index contributed by atoms with van der Waals surface area (Å²) in [5, 5.41) is -0.308. The minimum absolute atomic E-state index is 0.0637. The van der Waals surface area contributed by atoms with Gasteiger partial charge >= 0.3 is 0 Å². The van der Waals surface area contributed by atoms with Gasteiger partial charge in [-0.25, -0.2) is 21.2 Å². The van der Waals surface area contributed by atoms with Crippen LogP contribution in [0.5, 0.6) is 0 Å². The molecule has 0 spiro atoms. The number of nitrogens with one attached hydrogen (secondary N) is 1. The molecule has 0 aliphatic rings. The molecule has 5 nitrogen and oxygen atoms in total. The maximum Gasteiger partial charge on any atom is 0.264 e. The third kappa shape index (κ3) is 3.82. The summed E-state index contributed by atoms with van der Waals surface area (Å²) in [6, 6.07) is 8.79. The van der Waals surface area contributed by atoms with E-state index in [-0.39, 0.29) is 21.4 Å². The first kappa shape index (κ1) is 17.7. The van der Waals surface area contributed by atoms with Crippen molar-refractivity contribution in [2.45, 2.75) is 16.7 Å². The second kappa shape index (κ2) is 6.46. The van der Waals surface area contributed by atoms with Gasteiger partial charge in [0.1, 0.15) is 4.90 Å². The Morgan fingerprint density at radius 1 is 1.04 bits per heavy atom. The molecule has 0 saturated heterocycles. The highest BCUT2D eigenvalue weighted by molar-refractivity contribution is 7.92. The van der Waals surface area contributed by atoms with Crippen LogP contribution in [-0.2, 0) is 19.9 Å². The highest BCUT2D eigenvalue weighted by Crippen LogP contribution is 2.24. The number of halogens is 2. The molecule has 1 N–H and O–H groups in total. The largest absolute Gasteiger partial charge is 0.280 e. The van der Waals surface area contributed by atoms with E-state index in [1.807, 2.05) is 0 Å². The second-order valence-electron chi connectivity index (χ2n) is 4.59. The molecule has 0 aromatic heterocycles. The third-order valence-electron chi connectivity index (χ3n) is 3.05. The van der Waals surface area contributed by atoms with E-state index < -0.39 is 30.6 Å². The smallest absolute Gasteiger partial charge is 0.264 e. The molecule has 0 heterocycles. The van der Waals surface area contributed by atoms with Gasteiger partial charge in [-0.15, -0.1) is 0 Å². The molecule has 9 heteroatoms. The van der Waals surface area contributed by atoms with Crippen LogP contribution in [0.15, 0.2) is 52.3 Å². The normalized spacial score (nSPS) is 12.1. The standard InChI is InChI=1S/C14H13ClFNO4S2/c1-2-22(18,19)11-8-6-10(7-9-11)17-23(20,21)13-5-3-4-12(15)14(13)16/h3-9,17H,2H2,1H3. The lowest BCUT2D eigenvalue weighted by Gasteiger charge is -2.10. The number of sulfonamides is 1. The van der Waals surface area contributed by atoms with E-state index >= 15 is 0 Å². The summed E-state index contributed by atoms with van der Waals surface area (Å²) in [6.45, 7) is 1.51. The lowest BCUT2D eigenvalue weighted by Crippen LogP contribution is -2.15. The number of rotatable bonds is 5. The van der Waals surface area contributed by atoms with Crippen molar-refractivity contribution in [1.82, 2.24) is 0 Å². The first-order valence-electron chi connectivity index (χ1n) is 6.47. The Morgan fingerprint density at radius 3 is 2.22 bits per heavy atom. The monoisotopic (exact) mass is 377 g/mol. The Labute approximate surface area is 139 Å². The predicted molar refractivity (Wildman–Crippen MR) is 86.4 cm³/mol. The zero-order chi connectivity index (χ0) is 17.3. The highest BCUT2D eigenvalue weighted by Gasteiger charge is 2.21. The summed E-state index contributed by atoms with van der Waals surface area (Å²) < 4.78 is 63.8. The summed E-state index contributed by atoms with van der Waals surface area (Å²) in [5.74, 6) is -1.11. The number of anilines is 1. The molecule has 23 heavy (non-hydrogen) atoms. The molecule has 0 aliphatic carbocycles. The fourth-order valence-electron chi connectivity index (χ4n) is 1.80. The van der Waals surface area contributed by atoms with Crippen molar-refractivity contribution >= 4 is 37.1 Å². The molecular weight excluding hydrogens is 365 g/mol. The van der Waals surface area contributed by atoms with Crippen LogP contribution >= 0.6 is 11.6 Å². The van der Waals surface area contributed by atoms with Crippen molar-refractivity contribution < 1.29 is 21.2 Å². The van der Waals surface area contributed by atoms with Gasteiger partial charge in [0.05, 0.1) is 15.7 Å². The van der Waals surface area contributed by atoms with Gasteiger partial charge < -0.3 is 0 Å². The lowest BCUT2D eigenvalue weighted by molar-refractivity contribution is 0.570. The van der Waals surface area contributed by atoms with E-state index in [9.17, 15) is 21.2 Å². The number of benzene rings is 2. The summed E-state index contributed by atoms with van der Waals surface area (Å²) in [4.78, 5) is -0.507. The first-order chi connectivity index (χ1) is 10.7. The van der Waals surface area contributed by atoms with Crippen LogP contribution in [0, 0.1) is 5.82 Å². The molecule has 0 bridgehead atoms. The van der Waals surface area contributed by atoms with Gasteiger partial charge in [0.25, 0.3) is 10.0 Å². The summed E-state index contributed by atoms with van der Waals surface area (Å²) in [7, 11) is -7.56. The minimum Gasteiger partial charge on any atom is -0.280 e. The topological polar surface area (TPSA) is 80.3 Å². The van der Waals surface area contributed by atoms with Crippen LogP contribution in [0.25, 0.3) is 0 Å². The molecule has 0 fully saturated rings. The fourth-order valence-corrected chi connectivity index (χ4v) is 4.07. The molecular formula is C14H13ClFNO4S2. The average Bonchev–Trinajstić information content (AvgIpc) is 2.50. The first-order valence-corrected chi connectivity index (χ1v) is 9.98. The Balaban J connectivity index is 2.33. The average molecular weight is 378 g/mol. The second-order valence-corrected chi connectivity index (χ2v) is 8.92. The summed E-state index contributed by atoms with van der Waals surface area (Å²) in [6.07, 6.45) is 0. The molecule has 0 radical (unpaired) electrons. The van der Waals surface area contributed by atoms with Crippen molar-refractivity contribution in [3.8, 4) is 0 Å². The summed E-state index contributed by atoms with van der Waals surface area (Å²) >= 11 is 5.58. The zero-order valence-electron chi connectivity index (χ0n) is 12.0. The van der Waals surface area contributed by atoms with Crippen LogP contribution < -0.4 is 4.72 Å². The molecule has 2 aromatic carbocycles. The molecule has 0 unspecified atom stereocenters. The van der Waals surface area contributed by atoms with Gasteiger partial charge in [0.2, 0.25) is 0 Å². The summed E-state index contributed by atoms with van der Waals surface area (Å²) in [5.41, 5.74) is 0.111. The molecule has 0 amide bonds. The van der Waals surface area contributed by atoms with Gasteiger partial charge in [0, 0.05) is 5.69 Å². The van der Waals surface area contributed by atoms with Gasteiger partial charge in [0.15, 0.2) is 15.7 Å². The van der Waals surface area contributed by atoms with Gasteiger partial charge in [-0.1, -0.05) is 24.6 Å². The van der Waals surface area contributed by atoms with E-state index in [4.69, 9.17) is 11.6 Å². The quantitative estimate of drug-likeness (QED) is 0.868. The Hall–Kier alpha value is -1.64. The van der Waals surface area contributed by atoms with Crippen LogP contribution in [0.4, 0.5) is 10.1 Å². The zero-order valence-corrected chi connectivity index (χ0v) is 14.3. The van der Waals surface area contributed by atoms with E-state index in [1.165, 1.54) is 43.3 Å². The molecule has 0 atom stereocenters. The Kier molecular flexibility index (Phi) is 4.98. The van der Waals surface area contributed by atoms with Crippen molar-refractivity contribution in [2.75, 3.05) is 10.5 Å². The van der Waals surface area contributed by atoms with Crippen LogP contribution in [-0.4, -0.2) is 22.6 Å². The fraction of sp³-hybridized carbons (Fsp3) is 0.143. The van der Waals surface area contributed by atoms with Crippen molar-refractivity contribution in [1.29, 1.82) is 0 Å². The molecule has 2 aromatic rings. The van der Waals surface area contributed by atoms with Crippen molar-refractivity contribution in [3.63, 3.8) is 0 Å². The van der Waals surface area contributed by atoms with Crippen LogP contribution in [0.2, 0.25) is 5.02 Å². The van der Waals surface area contributed by atoms with Gasteiger partial charge in [-0.2, -0.15) is 0 Å². The van der Waals surface area contributed by atoms with E-state index in [1.54, 1.807) is 0 Å². The van der Waals surface area contributed by atoms with Crippen LogP contribution in [0.3, 0.4) is 0 Å². The molecule has 0 aliphatic heterocycles. The maximum atomic E-state index is 13.8. The predicted octanol–water partition coefficient (Wildman–Crippen LogP) is 3.07. The molecule has 2 rings (SSSR count). The van der Waals surface area contributed by atoms with E-state index in [0.29, 0.717) is 0 Å². The number of hydrogen-bond donors (Lipinski definition) is 1. The van der Waals surface area contributed by atoms with Gasteiger partial charge in [-0.05, 0) is 36.4 Å². The van der Waals surface area contributed by atoms with Gasteiger partial charge in [-0.3, -0.25) is 4.72 Å². The van der Waals surface area contributed by atoms with Crippen LogP contribution in [0.1, 0.15) is 6.92 Å². The maximum absolute atomic E-state index is 13.8. The molecule has 124 valence electrons. The lowest BCUT2D eigenvalue weighted by atomic mass is 10.3. The number of hydrogen-bond acceptors (Lipinski definition) is 4. The Morgan fingerprint density at radius 2 is 1.65 bits per heavy atom. The Bertz CT molecular complexity index is 926. The van der Waals surface area contributed by atoms with Crippen molar-refractivity contribution in [2.24, 2.45) is 0 Å². The SMILES string of the molecule is CCS(=O)(=O)c1ccc(NS(=O)(=O)c2cccc(Cl)c2F)cc1. The molecule has 0 saturated carbocycles. The third-order valence-corrected chi connectivity index (χ3v) is 6.49. The van der Waals surface area contributed by atoms with Crippen molar-refractivity contribution in [3.05, 3.63) is 53.3 Å². The highest BCUT2D eigenvalue weighted by atomic mass is 35.5. The van der Waals surface area contributed by atoms with E-state index in [0.717, 1.165) is 6.07 Å².